The predicted octanol–water partition coefficient (Wildman–Crippen LogP) is 5.38. The van der Waals surface area contributed by atoms with Crippen molar-refractivity contribution >= 4 is 34.4 Å². The molecule has 1 fully saturated rings. The molecule has 1 N–H and O–H groups in total. The van der Waals surface area contributed by atoms with Gasteiger partial charge in [-0.3, -0.25) is 9.69 Å². The number of aryl methyl sites for hydroxylation is 1. The molecule has 1 aliphatic rings. The maximum Gasteiger partial charge on any atom is 0.256 e. The van der Waals surface area contributed by atoms with Crippen LogP contribution in [0.15, 0.2) is 53.3 Å². The molecule has 8 heteroatoms. The largest absolute Gasteiger partial charge is 0.463 e. The molecule has 0 spiro atoms. The van der Waals surface area contributed by atoms with E-state index in [-0.39, 0.29) is 11.9 Å². The Morgan fingerprint density at radius 2 is 2.03 bits per heavy atom. The van der Waals surface area contributed by atoms with Gasteiger partial charge in [-0.2, -0.15) is 16.9 Å². The number of carbonyl (C=O) groups excluding carboxylic acids is 1. The topological polar surface area (TPSA) is 76.2 Å². The van der Waals surface area contributed by atoms with Crippen LogP contribution in [0.25, 0.3) is 22.5 Å². The molecule has 0 radical (unpaired) electrons. The zero-order valence-electron chi connectivity index (χ0n) is 19.7. The van der Waals surface area contributed by atoms with Gasteiger partial charge in [0.2, 0.25) is 0 Å². The minimum absolute atomic E-state index is 0.112. The van der Waals surface area contributed by atoms with E-state index in [1.54, 1.807) is 18.5 Å². The minimum atomic E-state index is -0.188. The van der Waals surface area contributed by atoms with Gasteiger partial charge in [-0.15, -0.1) is 0 Å². The van der Waals surface area contributed by atoms with Crippen molar-refractivity contribution < 1.29 is 9.21 Å². The van der Waals surface area contributed by atoms with Crippen molar-refractivity contribution in [1.29, 1.82) is 0 Å². The van der Waals surface area contributed by atoms with Gasteiger partial charge in [0.15, 0.2) is 11.4 Å². The van der Waals surface area contributed by atoms with E-state index >= 15 is 0 Å². The van der Waals surface area contributed by atoms with Crippen LogP contribution in [0.5, 0.6) is 0 Å². The fourth-order valence-corrected chi connectivity index (χ4v) is 5.28. The summed E-state index contributed by atoms with van der Waals surface area (Å²) in [5.74, 6) is 2.82. The Bertz CT molecular complexity index is 1310. The lowest BCUT2D eigenvalue weighted by Gasteiger charge is -2.26. The SMILES string of the molecule is Cc1cc(CN2CCSCC2)ccc1NC(=O)c1cc(-c2ccco2)nc2c1cnn2C(C)C. The molecule has 176 valence electrons. The number of benzene rings is 1. The minimum Gasteiger partial charge on any atom is -0.463 e. The van der Waals surface area contributed by atoms with E-state index < -0.39 is 0 Å². The quantitative estimate of drug-likeness (QED) is 0.403. The zero-order valence-corrected chi connectivity index (χ0v) is 20.6. The molecule has 0 aliphatic carbocycles. The summed E-state index contributed by atoms with van der Waals surface area (Å²) in [7, 11) is 0. The van der Waals surface area contributed by atoms with Crippen LogP contribution in [-0.2, 0) is 6.54 Å². The van der Waals surface area contributed by atoms with Gasteiger partial charge in [0.1, 0.15) is 5.69 Å². The van der Waals surface area contributed by atoms with Crippen molar-refractivity contribution in [1.82, 2.24) is 19.7 Å². The van der Waals surface area contributed by atoms with E-state index in [9.17, 15) is 4.79 Å². The Kier molecular flexibility index (Phi) is 6.43. The summed E-state index contributed by atoms with van der Waals surface area (Å²) in [6, 6.07) is 11.8. The second-order valence-corrected chi connectivity index (χ2v) is 10.2. The van der Waals surface area contributed by atoms with Crippen LogP contribution in [0.4, 0.5) is 5.69 Å². The summed E-state index contributed by atoms with van der Waals surface area (Å²) in [6.07, 6.45) is 3.32. The van der Waals surface area contributed by atoms with E-state index in [4.69, 9.17) is 9.40 Å². The van der Waals surface area contributed by atoms with E-state index in [0.717, 1.165) is 36.3 Å². The summed E-state index contributed by atoms with van der Waals surface area (Å²) in [5.41, 5.74) is 4.93. The number of hydrogen-bond acceptors (Lipinski definition) is 6. The molecule has 1 saturated heterocycles. The van der Waals surface area contributed by atoms with Gasteiger partial charge in [-0.05, 0) is 56.2 Å². The molecule has 0 bridgehead atoms. The maximum absolute atomic E-state index is 13.5. The van der Waals surface area contributed by atoms with E-state index in [0.29, 0.717) is 22.7 Å². The van der Waals surface area contributed by atoms with Crippen molar-refractivity contribution in [2.45, 2.75) is 33.4 Å². The Morgan fingerprint density at radius 3 is 2.74 bits per heavy atom. The number of fused-ring (bicyclic) bond motifs is 1. The first kappa shape index (κ1) is 22.7. The Labute approximate surface area is 203 Å². The predicted molar refractivity (Wildman–Crippen MR) is 137 cm³/mol. The fourth-order valence-electron chi connectivity index (χ4n) is 4.31. The van der Waals surface area contributed by atoms with Crippen LogP contribution in [0.3, 0.4) is 0 Å². The van der Waals surface area contributed by atoms with Crippen molar-refractivity contribution in [3.8, 4) is 11.5 Å². The lowest BCUT2D eigenvalue weighted by molar-refractivity contribution is 0.102. The third-order valence-corrected chi connectivity index (χ3v) is 7.07. The van der Waals surface area contributed by atoms with E-state index in [1.165, 1.54) is 17.1 Å². The normalized spacial score (nSPS) is 14.7. The summed E-state index contributed by atoms with van der Waals surface area (Å²) in [4.78, 5) is 20.7. The Hall–Kier alpha value is -3.10. The third kappa shape index (κ3) is 4.60. The molecule has 0 saturated carbocycles. The van der Waals surface area contributed by atoms with Crippen LogP contribution in [0, 0.1) is 6.92 Å². The summed E-state index contributed by atoms with van der Waals surface area (Å²) in [5, 5.41) is 8.32. The van der Waals surface area contributed by atoms with Crippen LogP contribution in [0.1, 0.15) is 41.4 Å². The van der Waals surface area contributed by atoms with Gasteiger partial charge in [-0.1, -0.05) is 12.1 Å². The molecule has 4 heterocycles. The average molecular weight is 476 g/mol. The standard InChI is InChI=1S/C26H29N5O2S/c1-17(2)31-25-21(15-27-31)20(14-23(28-25)24-5-4-10-33-24)26(32)29-22-7-6-19(13-18(22)3)16-30-8-11-34-12-9-30/h4-7,10,13-15,17H,8-9,11-12,16H2,1-3H3,(H,29,32). The number of anilines is 1. The molecule has 7 nitrogen and oxygen atoms in total. The summed E-state index contributed by atoms with van der Waals surface area (Å²) < 4.78 is 7.39. The van der Waals surface area contributed by atoms with Gasteiger partial charge in [-0.25, -0.2) is 9.67 Å². The molecule has 0 atom stereocenters. The molecule has 34 heavy (non-hydrogen) atoms. The highest BCUT2D eigenvalue weighted by atomic mass is 32.2. The highest BCUT2D eigenvalue weighted by Gasteiger charge is 2.20. The molecular weight excluding hydrogens is 446 g/mol. The summed E-state index contributed by atoms with van der Waals surface area (Å²) in [6.45, 7) is 9.33. The van der Waals surface area contributed by atoms with Crippen molar-refractivity contribution in [3.63, 3.8) is 0 Å². The second-order valence-electron chi connectivity index (χ2n) is 8.94. The van der Waals surface area contributed by atoms with E-state index in [1.807, 2.05) is 55.4 Å². The van der Waals surface area contributed by atoms with Gasteiger partial charge < -0.3 is 9.73 Å². The highest BCUT2D eigenvalue weighted by molar-refractivity contribution is 7.99. The molecule has 5 rings (SSSR count). The third-order valence-electron chi connectivity index (χ3n) is 6.12. The van der Waals surface area contributed by atoms with E-state index in [2.05, 4.69) is 27.4 Å². The molecule has 3 aromatic heterocycles. The fraction of sp³-hybridized carbons (Fsp3) is 0.346. The first-order valence-electron chi connectivity index (χ1n) is 11.6. The molecule has 1 amide bonds. The maximum atomic E-state index is 13.5. The number of amides is 1. The number of pyridine rings is 1. The van der Waals surface area contributed by atoms with Crippen LogP contribution in [0.2, 0.25) is 0 Å². The van der Waals surface area contributed by atoms with Gasteiger partial charge >= 0.3 is 0 Å². The first-order valence-corrected chi connectivity index (χ1v) is 12.8. The van der Waals surface area contributed by atoms with Gasteiger partial charge in [0, 0.05) is 42.9 Å². The number of aromatic nitrogens is 3. The Balaban J connectivity index is 1.44. The number of hydrogen-bond donors (Lipinski definition) is 1. The van der Waals surface area contributed by atoms with Gasteiger partial charge in [0.25, 0.3) is 5.91 Å². The average Bonchev–Trinajstić information content (AvgIpc) is 3.51. The first-order chi connectivity index (χ1) is 16.5. The van der Waals surface area contributed by atoms with Crippen molar-refractivity contribution in [3.05, 3.63) is 65.5 Å². The second kappa shape index (κ2) is 9.64. The van der Waals surface area contributed by atoms with Crippen LogP contribution < -0.4 is 5.32 Å². The Morgan fingerprint density at radius 1 is 1.21 bits per heavy atom. The molecule has 1 aliphatic heterocycles. The lowest BCUT2D eigenvalue weighted by Crippen LogP contribution is -2.31. The smallest absolute Gasteiger partial charge is 0.256 e. The monoisotopic (exact) mass is 475 g/mol. The number of rotatable bonds is 6. The number of nitrogens with zero attached hydrogens (tertiary/aromatic N) is 4. The lowest BCUT2D eigenvalue weighted by atomic mass is 10.1. The van der Waals surface area contributed by atoms with Gasteiger partial charge in [0.05, 0.1) is 23.4 Å². The molecule has 4 aromatic rings. The van der Waals surface area contributed by atoms with Crippen LogP contribution in [-0.4, -0.2) is 50.2 Å². The molecule has 0 unspecified atom stereocenters. The van der Waals surface area contributed by atoms with Crippen molar-refractivity contribution in [2.75, 3.05) is 29.9 Å². The number of carbonyl (C=O) groups is 1. The number of thioether (sulfide) groups is 1. The highest BCUT2D eigenvalue weighted by Crippen LogP contribution is 2.28. The molecule has 1 aromatic carbocycles. The zero-order chi connectivity index (χ0) is 23.7. The van der Waals surface area contributed by atoms with Crippen LogP contribution >= 0.6 is 11.8 Å². The number of nitrogens with one attached hydrogen (secondary N) is 1. The van der Waals surface area contributed by atoms with Crippen molar-refractivity contribution in [2.24, 2.45) is 0 Å². The molecular formula is C26H29N5O2S. The summed E-state index contributed by atoms with van der Waals surface area (Å²) >= 11 is 2.02. The number of furan rings is 1.